The Kier molecular flexibility index (Phi) is 5.21. The molecule has 6 nitrogen and oxygen atoms in total. The van der Waals surface area contributed by atoms with Gasteiger partial charge < -0.3 is 10.9 Å². The van der Waals surface area contributed by atoms with E-state index in [1.54, 1.807) is 18.3 Å². The van der Waals surface area contributed by atoms with Gasteiger partial charge in [0.2, 0.25) is 0 Å². The Bertz CT molecular complexity index is 727. The predicted octanol–water partition coefficient (Wildman–Crippen LogP) is 1.80. The third-order valence-corrected chi connectivity index (χ3v) is 6.52. The largest absolute Gasteiger partial charge is 0.409 e. The van der Waals surface area contributed by atoms with E-state index in [1.165, 1.54) is 35.2 Å². The van der Waals surface area contributed by atoms with E-state index in [-0.39, 0.29) is 16.5 Å². The zero-order valence-corrected chi connectivity index (χ0v) is 13.3. The third-order valence-electron chi connectivity index (χ3n) is 2.58. The van der Waals surface area contributed by atoms with E-state index < -0.39 is 9.84 Å². The number of thioether (sulfide) groups is 1. The van der Waals surface area contributed by atoms with Gasteiger partial charge in [-0.1, -0.05) is 29.1 Å². The Balaban J connectivity index is 2.08. The van der Waals surface area contributed by atoms with Gasteiger partial charge in [-0.3, -0.25) is 0 Å². The van der Waals surface area contributed by atoms with Crippen LogP contribution in [0, 0.1) is 0 Å². The van der Waals surface area contributed by atoms with Crippen LogP contribution in [0.5, 0.6) is 0 Å². The maximum absolute atomic E-state index is 12.3. The van der Waals surface area contributed by atoms with Crippen LogP contribution in [0.1, 0.15) is 5.56 Å². The van der Waals surface area contributed by atoms with Crippen LogP contribution in [-0.4, -0.2) is 36.0 Å². The smallest absolute Gasteiger partial charge is 0.179 e. The van der Waals surface area contributed by atoms with Crippen LogP contribution in [0.2, 0.25) is 0 Å². The topological polar surface area (TPSA) is 106 Å². The molecule has 0 aliphatic carbocycles. The van der Waals surface area contributed by atoms with E-state index in [4.69, 9.17) is 10.9 Å². The number of nitrogens with zero attached hydrogens (tertiary/aromatic N) is 2. The lowest BCUT2D eigenvalue weighted by molar-refractivity contribution is 0.318. The number of hydrogen-bond acceptors (Lipinski definition) is 7. The van der Waals surface area contributed by atoms with Gasteiger partial charge in [-0.2, -0.15) is 0 Å². The highest BCUT2D eigenvalue weighted by atomic mass is 32.2. The predicted molar refractivity (Wildman–Crippen MR) is 83.8 cm³/mol. The van der Waals surface area contributed by atoms with Crippen molar-refractivity contribution in [2.45, 2.75) is 9.24 Å². The lowest BCUT2D eigenvalue weighted by atomic mass is 10.2. The number of amidine groups is 1. The molecule has 2 rings (SSSR count). The molecule has 0 amide bonds. The molecule has 3 N–H and O–H groups in total. The average molecular weight is 343 g/mol. The highest BCUT2D eigenvalue weighted by Crippen LogP contribution is 2.22. The number of nitrogens with two attached hydrogens (primary N) is 1. The summed E-state index contributed by atoms with van der Waals surface area (Å²) >= 11 is 2.88. The van der Waals surface area contributed by atoms with Crippen molar-refractivity contribution in [3.8, 4) is 0 Å². The van der Waals surface area contributed by atoms with E-state index >= 15 is 0 Å². The number of rotatable bonds is 6. The van der Waals surface area contributed by atoms with Gasteiger partial charge in [-0.25, -0.2) is 13.4 Å². The molecule has 2 aromatic rings. The molecule has 1 heterocycles. The molecule has 0 fully saturated rings. The van der Waals surface area contributed by atoms with Gasteiger partial charge in [0, 0.05) is 22.9 Å². The van der Waals surface area contributed by atoms with Gasteiger partial charge >= 0.3 is 0 Å². The van der Waals surface area contributed by atoms with Gasteiger partial charge in [0.05, 0.1) is 10.6 Å². The van der Waals surface area contributed by atoms with Gasteiger partial charge in [-0.05, 0) is 12.1 Å². The molecule has 0 saturated heterocycles. The summed E-state index contributed by atoms with van der Waals surface area (Å²) in [5, 5.41) is 13.3. The normalized spacial score (nSPS) is 12.5. The fourth-order valence-corrected chi connectivity index (χ4v) is 4.94. The zero-order valence-electron chi connectivity index (χ0n) is 10.8. The van der Waals surface area contributed by atoms with Crippen LogP contribution in [0.4, 0.5) is 0 Å². The average Bonchev–Trinajstić information content (AvgIpc) is 2.99. The van der Waals surface area contributed by atoms with E-state index in [9.17, 15) is 8.42 Å². The van der Waals surface area contributed by atoms with E-state index in [1.807, 2.05) is 5.38 Å². The number of oxime groups is 1. The standard InChI is InChI=1S/C12H13N3O3S3/c13-11(15-16)9-2-1-3-10(8-9)21(17,18)7-6-20-12-14-4-5-19-12/h1-5,8,16H,6-7H2,(H2,13,15). The molecule has 0 bridgehead atoms. The highest BCUT2D eigenvalue weighted by Gasteiger charge is 2.16. The van der Waals surface area contributed by atoms with Crippen molar-refractivity contribution in [3.63, 3.8) is 0 Å². The molecule has 0 atom stereocenters. The van der Waals surface area contributed by atoms with Crippen LogP contribution in [-0.2, 0) is 9.84 Å². The molecule has 1 aromatic heterocycles. The van der Waals surface area contributed by atoms with Crippen LogP contribution in [0.15, 0.2) is 50.2 Å². The maximum atomic E-state index is 12.3. The fraction of sp³-hybridized carbons (Fsp3) is 0.167. The summed E-state index contributed by atoms with van der Waals surface area (Å²) in [6, 6.07) is 6.04. The third kappa shape index (κ3) is 4.19. The lowest BCUT2D eigenvalue weighted by Crippen LogP contribution is -2.15. The minimum atomic E-state index is -3.41. The minimum absolute atomic E-state index is 0.00310. The van der Waals surface area contributed by atoms with Gasteiger partial charge in [0.25, 0.3) is 0 Å². The Morgan fingerprint density at radius 1 is 1.48 bits per heavy atom. The van der Waals surface area contributed by atoms with Crippen molar-refractivity contribution < 1.29 is 13.6 Å². The Labute approximate surface area is 130 Å². The summed E-state index contributed by atoms with van der Waals surface area (Å²) in [4.78, 5) is 4.24. The summed E-state index contributed by atoms with van der Waals surface area (Å²) in [5.41, 5.74) is 5.83. The first-order chi connectivity index (χ1) is 10.0. The Hall–Kier alpha value is -1.58. The quantitative estimate of drug-likeness (QED) is 0.272. The van der Waals surface area contributed by atoms with Crippen LogP contribution in [0.3, 0.4) is 0 Å². The van der Waals surface area contributed by atoms with Crippen molar-refractivity contribution >= 4 is 38.8 Å². The zero-order chi connectivity index (χ0) is 15.3. The molecule has 1 aromatic carbocycles. The number of benzene rings is 1. The van der Waals surface area contributed by atoms with E-state index in [2.05, 4.69) is 10.1 Å². The van der Waals surface area contributed by atoms with E-state index in [0.29, 0.717) is 11.3 Å². The van der Waals surface area contributed by atoms with Crippen molar-refractivity contribution in [1.82, 2.24) is 4.98 Å². The van der Waals surface area contributed by atoms with Crippen LogP contribution < -0.4 is 5.73 Å². The van der Waals surface area contributed by atoms with Gasteiger partial charge in [-0.15, -0.1) is 11.3 Å². The summed E-state index contributed by atoms with van der Waals surface area (Å²) < 4.78 is 25.3. The number of sulfone groups is 1. The SMILES string of the molecule is N/C(=N/O)c1cccc(S(=O)(=O)CCSc2nccs2)c1. The van der Waals surface area contributed by atoms with E-state index in [0.717, 1.165) is 4.34 Å². The molecule has 0 radical (unpaired) electrons. The number of thiazole rings is 1. The molecular formula is C12H13N3O3S3. The summed E-state index contributed by atoms with van der Waals surface area (Å²) in [6.45, 7) is 0. The monoisotopic (exact) mass is 343 g/mol. The van der Waals surface area contributed by atoms with Crippen LogP contribution >= 0.6 is 23.1 Å². The number of hydrogen-bond donors (Lipinski definition) is 2. The molecule has 112 valence electrons. The second-order valence-corrected chi connectivity index (χ2v) is 8.32. The molecular weight excluding hydrogens is 330 g/mol. The first-order valence-corrected chi connectivity index (χ1v) is 9.38. The lowest BCUT2D eigenvalue weighted by Gasteiger charge is -2.05. The Morgan fingerprint density at radius 3 is 2.95 bits per heavy atom. The number of aromatic nitrogens is 1. The second kappa shape index (κ2) is 6.92. The highest BCUT2D eigenvalue weighted by molar-refractivity contribution is 8.02. The van der Waals surface area contributed by atoms with Crippen molar-refractivity contribution in [1.29, 1.82) is 0 Å². The van der Waals surface area contributed by atoms with Gasteiger partial charge in [0.15, 0.2) is 15.7 Å². The molecule has 0 aliphatic rings. The molecule has 9 heteroatoms. The van der Waals surface area contributed by atoms with Crippen molar-refractivity contribution in [3.05, 3.63) is 41.4 Å². The van der Waals surface area contributed by atoms with Crippen molar-refractivity contribution in [2.24, 2.45) is 10.9 Å². The van der Waals surface area contributed by atoms with Gasteiger partial charge in [0.1, 0.15) is 4.34 Å². The first kappa shape index (κ1) is 15.8. The summed E-state index contributed by atoms with van der Waals surface area (Å²) in [6.07, 6.45) is 1.68. The molecule has 0 aliphatic heterocycles. The molecule has 0 unspecified atom stereocenters. The van der Waals surface area contributed by atoms with Crippen molar-refractivity contribution in [2.75, 3.05) is 11.5 Å². The van der Waals surface area contributed by atoms with Crippen LogP contribution in [0.25, 0.3) is 0 Å². The molecule has 21 heavy (non-hydrogen) atoms. The first-order valence-electron chi connectivity index (χ1n) is 5.86. The fourth-order valence-electron chi connectivity index (χ4n) is 1.54. The molecule has 0 spiro atoms. The summed E-state index contributed by atoms with van der Waals surface area (Å²) in [7, 11) is -3.41. The second-order valence-electron chi connectivity index (χ2n) is 3.98. The minimum Gasteiger partial charge on any atom is -0.409 e. The summed E-state index contributed by atoms with van der Waals surface area (Å²) in [5.74, 6) is 0.296. The maximum Gasteiger partial charge on any atom is 0.179 e. The molecule has 0 saturated carbocycles. The Morgan fingerprint density at radius 2 is 2.29 bits per heavy atom.